The molecule has 0 aromatic heterocycles. The molecule has 0 aromatic carbocycles. The van der Waals surface area contributed by atoms with Gasteiger partial charge in [0, 0.05) is 13.1 Å². The Morgan fingerprint density at radius 3 is 2.00 bits per heavy atom. The topological polar surface area (TPSA) is 49.8 Å². The molecule has 0 bridgehead atoms. The zero-order valence-corrected chi connectivity index (χ0v) is 10.3. The zero-order valence-electron chi connectivity index (χ0n) is 9.40. The number of rotatable bonds is 8. The van der Waals surface area contributed by atoms with Gasteiger partial charge in [0.25, 0.3) is 0 Å². The minimum absolute atomic E-state index is 0.345. The minimum atomic E-state index is -3.52. The van der Waals surface area contributed by atoms with E-state index in [2.05, 4.69) is 0 Å². The van der Waals surface area contributed by atoms with Crippen molar-refractivity contribution in [2.24, 2.45) is 0 Å². The molecule has 0 aliphatic carbocycles. The summed E-state index contributed by atoms with van der Waals surface area (Å²) in [7, 11) is -3.52. The van der Waals surface area contributed by atoms with Crippen LogP contribution < -0.4 is 0 Å². The predicted octanol–water partition coefficient (Wildman–Crippen LogP) is 2.64. The van der Waals surface area contributed by atoms with E-state index in [1.165, 1.54) is 0 Å². The van der Waals surface area contributed by atoms with E-state index in [0.29, 0.717) is 19.7 Å². The number of nitrogens with zero attached hydrogens (tertiary/aromatic N) is 1. The fourth-order valence-electron chi connectivity index (χ4n) is 1.17. The standard InChI is InChI=1S/C9H22NO3P/c1-4-7-10(8-5-2)14(11,12)13-9-6-3/h4-9H2,1-3H3,(H,11,12). The summed E-state index contributed by atoms with van der Waals surface area (Å²) in [4.78, 5) is 9.63. The Hall–Kier alpha value is 0.110. The summed E-state index contributed by atoms with van der Waals surface area (Å²) in [5.41, 5.74) is 0. The Balaban J connectivity index is 4.21. The van der Waals surface area contributed by atoms with Crippen LogP contribution in [0.15, 0.2) is 0 Å². The lowest BCUT2D eigenvalue weighted by Gasteiger charge is -2.25. The van der Waals surface area contributed by atoms with Gasteiger partial charge in [0.05, 0.1) is 6.61 Å². The second kappa shape index (κ2) is 7.41. The van der Waals surface area contributed by atoms with Crippen LogP contribution in [-0.2, 0) is 9.09 Å². The molecule has 14 heavy (non-hydrogen) atoms. The molecule has 1 unspecified atom stereocenters. The summed E-state index contributed by atoms with van der Waals surface area (Å²) in [6.45, 7) is 7.48. The Bertz CT molecular complexity index is 181. The Labute approximate surface area is 86.8 Å². The van der Waals surface area contributed by atoms with Crippen molar-refractivity contribution < 1.29 is 14.0 Å². The lowest BCUT2D eigenvalue weighted by Crippen LogP contribution is -2.23. The molecular formula is C9H22NO3P. The van der Waals surface area contributed by atoms with E-state index in [9.17, 15) is 9.46 Å². The SMILES string of the molecule is CCCOP(=O)(O)N(CCC)CCC. The van der Waals surface area contributed by atoms with Crippen LogP contribution in [0.2, 0.25) is 0 Å². The molecule has 0 aliphatic heterocycles. The molecule has 0 saturated heterocycles. The van der Waals surface area contributed by atoms with Crippen LogP contribution in [0.5, 0.6) is 0 Å². The van der Waals surface area contributed by atoms with Crippen LogP contribution in [0.4, 0.5) is 0 Å². The first-order chi connectivity index (χ1) is 6.58. The van der Waals surface area contributed by atoms with Gasteiger partial charge in [-0.2, -0.15) is 0 Å². The number of hydrogen-bond donors (Lipinski definition) is 1. The van der Waals surface area contributed by atoms with E-state index >= 15 is 0 Å². The monoisotopic (exact) mass is 223 g/mol. The zero-order chi connectivity index (χ0) is 11.0. The van der Waals surface area contributed by atoms with Crippen LogP contribution in [0.3, 0.4) is 0 Å². The van der Waals surface area contributed by atoms with E-state index in [0.717, 1.165) is 19.3 Å². The molecule has 0 aliphatic rings. The van der Waals surface area contributed by atoms with E-state index in [-0.39, 0.29) is 0 Å². The molecule has 0 radical (unpaired) electrons. The molecule has 0 fully saturated rings. The van der Waals surface area contributed by atoms with Crippen molar-refractivity contribution in [2.75, 3.05) is 19.7 Å². The third-order valence-corrected chi connectivity index (χ3v) is 3.42. The third-order valence-electron chi connectivity index (χ3n) is 1.78. The van der Waals surface area contributed by atoms with Gasteiger partial charge in [-0.15, -0.1) is 0 Å². The fourth-order valence-corrected chi connectivity index (χ4v) is 2.66. The second-order valence-electron chi connectivity index (χ2n) is 3.28. The van der Waals surface area contributed by atoms with Crippen molar-refractivity contribution in [3.8, 4) is 0 Å². The van der Waals surface area contributed by atoms with Crippen molar-refractivity contribution in [1.29, 1.82) is 0 Å². The van der Waals surface area contributed by atoms with Gasteiger partial charge in [-0.3, -0.25) is 4.52 Å². The molecule has 0 saturated carbocycles. The van der Waals surface area contributed by atoms with Crippen LogP contribution in [0, 0.1) is 0 Å². The maximum Gasteiger partial charge on any atom is 0.405 e. The molecule has 1 N–H and O–H groups in total. The summed E-state index contributed by atoms with van der Waals surface area (Å²) in [6.07, 6.45) is 2.48. The summed E-state index contributed by atoms with van der Waals surface area (Å²) in [5.74, 6) is 0. The van der Waals surface area contributed by atoms with Gasteiger partial charge in [-0.1, -0.05) is 20.8 Å². The summed E-state index contributed by atoms with van der Waals surface area (Å²) in [5, 5.41) is 0. The summed E-state index contributed by atoms with van der Waals surface area (Å²) >= 11 is 0. The molecule has 86 valence electrons. The largest absolute Gasteiger partial charge is 0.405 e. The van der Waals surface area contributed by atoms with Crippen molar-refractivity contribution in [3.63, 3.8) is 0 Å². The normalized spacial score (nSPS) is 15.8. The van der Waals surface area contributed by atoms with Crippen molar-refractivity contribution in [1.82, 2.24) is 4.67 Å². The Morgan fingerprint density at radius 1 is 1.14 bits per heavy atom. The van der Waals surface area contributed by atoms with Gasteiger partial charge in [0.15, 0.2) is 0 Å². The van der Waals surface area contributed by atoms with E-state index in [4.69, 9.17) is 4.52 Å². The van der Waals surface area contributed by atoms with Crippen molar-refractivity contribution in [2.45, 2.75) is 40.0 Å². The molecule has 5 heteroatoms. The van der Waals surface area contributed by atoms with Gasteiger partial charge in [0.1, 0.15) is 0 Å². The predicted molar refractivity (Wildman–Crippen MR) is 58.2 cm³/mol. The second-order valence-corrected chi connectivity index (χ2v) is 5.08. The average Bonchev–Trinajstić information content (AvgIpc) is 2.14. The van der Waals surface area contributed by atoms with Gasteiger partial charge in [-0.05, 0) is 19.3 Å². The first kappa shape index (κ1) is 14.1. The molecule has 4 nitrogen and oxygen atoms in total. The first-order valence-corrected chi connectivity index (χ1v) is 6.84. The van der Waals surface area contributed by atoms with E-state index < -0.39 is 7.75 Å². The Kier molecular flexibility index (Phi) is 7.47. The van der Waals surface area contributed by atoms with Gasteiger partial charge in [-0.25, -0.2) is 9.24 Å². The highest BCUT2D eigenvalue weighted by Crippen LogP contribution is 2.46. The minimum Gasteiger partial charge on any atom is -0.312 e. The summed E-state index contributed by atoms with van der Waals surface area (Å²) < 4.78 is 18.2. The van der Waals surface area contributed by atoms with Crippen LogP contribution in [-0.4, -0.2) is 29.3 Å². The van der Waals surface area contributed by atoms with Gasteiger partial charge < -0.3 is 4.89 Å². The van der Waals surface area contributed by atoms with Crippen LogP contribution in [0.1, 0.15) is 40.0 Å². The van der Waals surface area contributed by atoms with Crippen molar-refractivity contribution in [3.05, 3.63) is 0 Å². The number of hydrogen-bond acceptors (Lipinski definition) is 2. The maximum absolute atomic E-state index is 11.7. The summed E-state index contributed by atoms with van der Waals surface area (Å²) in [6, 6.07) is 0. The molecule has 0 aromatic rings. The van der Waals surface area contributed by atoms with Crippen LogP contribution in [0.25, 0.3) is 0 Å². The Morgan fingerprint density at radius 2 is 1.64 bits per heavy atom. The van der Waals surface area contributed by atoms with Gasteiger partial charge in [0.2, 0.25) is 0 Å². The molecule has 0 spiro atoms. The van der Waals surface area contributed by atoms with Gasteiger partial charge >= 0.3 is 7.75 Å². The van der Waals surface area contributed by atoms with E-state index in [1.807, 2.05) is 20.8 Å². The molecule has 0 rings (SSSR count). The lowest BCUT2D eigenvalue weighted by molar-refractivity contribution is 0.200. The maximum atomic E-state index is 11.7. The molecule has 0 amide bonds. The fraction of sp³-hybridized carbons (Fsp3) is 1.00. The molecular weight excluding hydrogens is 201 g/mol. The molecule has 0 heterocycles. The lowest BCUT2D eigenvalue weighted by atomic mass is 10.4. The quantitative estimate of drug-likeness (QED) is 0.643. The van der Waals surface area contributed by atoms with E-state index in [1.54, 1.807) is 4.67 Å². The van der Waals surface area contributed by atoms with Crippen LogP contribution >= 0.6 is 7.75 Å². The van der Waals surface area contributed by atoms with Crippen molar-refractivity contribution >= 4 is 7.75 Å². The first-order valence-electron chi connectivity index (χ1n) is 5.31. The average molecular weight is 223 g/mol. The highest BCUT2D eigenvalue weighted by molar-refractivity contribution is 7.50. The third kappa shape index (κ3) is 5.11. The highest BCUT2D eigenvalue weighted by atomic mass is 31.2. The highest BCUT2D eigenvalue weighted by Gasteiger charge is 2.27. The molecule has 1 atom stereocenters. The smallest absolute Gasteiger partial charge is 0.312 e.